The van der Waals surface area contributed by atoms with E-state index in [0.717, 1.165) is 0 Å². The average Bonchev–Trinajstić information content (AvgIpc) is 2.17. The van der Waals surface area contributed by atoms with Gasteiger partial charge in [0.1, 0.15) is 11.0 Å². The minimum atomic E-state index is -0.836. The van der Waals surface area contributed by atoms with Gasteiger partial charge in [0.15, 0.2) is 0 Å². The quantitative estimate of drug-likeness (QED) is 0.843. The first-order chi connectivity index (χ1) is 7.00. The third-order valence-corrected chi connectivity index (χ3v) is 2.13. The average molecular weight is 230 g/mol. The number of rotatable bonds is 4. The monoisotopic (exact) mass is 229 g/mol. The molecule has 82 valence electrons. The van der Waals surface area contributed by atoms with Gasteiger partial charge in [-0.2, -0.15) is 0 Å². The van der Waals surface area contributed by atoms with E-state index in [2.05, 4.69) is 9.97 Å². The molecule has 0 radical (unpaired) electrons. The molecule has 0 aliphatic heterocycles. The van der Waals surface area contributed by atoms with E-state index >= 15 is 0 Å². The van der Waals surface area contributed by atoms with Crippen LogP contribution in [-0.2, 0) is 4.79 Å². The van der Waals surface area contributed by atoms with Gasteiger partial charge < -0.3 is 10.0 Å². The first kappa shape index (κ1) is 11.7. The van der Waals surface area contributed by atoms with Crippen LogP contribution in [0.5, 0.6) is 0 Å². The number of halogens is 1. The van der Waals surface area contributed by atoms with Crippen molar-refractivity contribution in [1.29, 1.82) is 0 Å². The van der Waals surface area contributed by atoms with Crippen LogP contribution in [0.25, 0.3) is 0 Å². The van der Waals surface area contributed by atoms with Crippen LogP contribution in [0, 0.1) is 5.92 Å². The number of aromatic nitrogens is 2. The predicted octanol–water partition coefficient (Wildman–Crippen LogP) is 1.29. The van der Waals surface area contributed by atoms with E-state index in [1.54, 1.807) is 25.1 Å². The second-order valence-electron chi connectivity index (χ2n) is 3.32. The molecule has 0 bridgehead atoms. The SMILES string of the molecule is CC(CN(C)c1cncc(Cl)n1)C(=O)O. The van der Waals surface area contributed by atoms with Gasteiger partial charge in [0.05, 0.1) is 18.3 Å². The summed E-state index contributed by atoms with van der Waals surface area (Å²) < 4.78 is 0. The summed E-state index contributed by atoms with van der Waals surface area (Å²) in [7, 11) is 1.75. The lowest BCUT2D eigenvalue weighted by atomic mass is 10.2. The van der Waals surface area contributed by atoms with Crippen molar-refractivity contribution in [2.45, 2.75) is 6.92 Å². The van der Waals surface area contributed by atoms with Crippen LogP contribution in [0.4, 0.5) is 5.82 Å². The minimum Gasteiger partial charge on any atom is -0.481 e. The Balaban J connectivity index is 2.68. The summed E-state index contributed by atoms with van der Waals surface area (Å²) in [5.41, 5.74) is 0. The summed E-state index contributed by atoms with van der Waals surface area (Å²) in [5.74, 6) is -0.733. The fourth-order valence-corrected chi connectivity index (χ4v) is 1.24. The molecular weight excluding hydrogens is 218 g/mol. The van der Waals surface area contributed by atoms with Crippen LogP contribution in [0.1, 0.15) is 6.92 Å². The number of hydrogen-bond donors (Lipinski definition) is 1. The van der Waals surface area contributed by atoms with Crippen molar-refractivity contribution >= 4 is 23.4 Å². The highest BCUT2D eigenvalue weighted by Gasteiger charge is 2.14. The van der Waals surface area contributed by atoms with Gasteiger partial charge in [0.2, 0.25) is 0 Å². The zero-order valence-corrected chi connectivity index (χ0v) is 9.27. The number of carboxylic acid groups (broad SMARTS) is 1. The van der Waals surface area contributed by atoms with Gasteiger partial charge in [-0.25, -0.2) is 4.98 Å². The highest BCUT2D eigenvalue weighted by atomic mass is 35.5. The van der Waals surface area contributed by atoms with E-state index < -0.39 is 11.9 Å². The van der Waals surface area contributed by atoms with Crippen molar-refractivity contribution < 1.29 is 9.90 Å². The third kappa shape index (κ3) is 3.36. The van der Waals surface area contributed by atoms with Crippen LogP contribution in [0.2, 0.25) is 5.15 Å². The molecule has 0 aliphatic carbocycles. The maximum atomic E-state index is 10.6. The highest BCUT2D eigenvalue weighted by Crippen LogP contribution is 2.12. The molecule has 5 nitrogen and oxygen atoms in total. The van der Waals surface area contributed by atoms with Crippen molar-refractivity contribution in [1.82, 2.24) is 9.97 Å². The molecule has 0 saturated heterocycles. The first-order valence-electron chi connectivity index (χ1n) is 4.42. The zero-order chi connectivity index (χ0) is 11.4. The van der Waals surface area contributed by atoms with Gasteiger partial charge in [-0.15, -0.1) is 0 Å². The van der Waals surface area contributed by atoms with Crippen molar-refractivity contribution in [2.75, 3.05) is 18.5 Å². The first-order valence-corrected chi connectivity index (χ1v) is 4.80. The maximum absolute atomic E-state index is 10.6. The van der Waals surface area contributed by atoms with E-state index in [9.17, 15) is 4.79 Å². The second-order valence-corrected chi connectivity index (χ2v) is 3.71. The number of anilines is 1. The molecular formula is C9H12ClN3O2. The Labute approximate surface area is 92.7 Å². The number of carboxylic acids is 1. The molecule has 6 heteroatoms. The molecule has 1 N–H and O–H groups in total. The van der Waals surface area contributed by atoms with Crippen LogP contribution in [0.15, 0.2) is 12.4 Å². The molecule has 0 aliphatic rings. The summed E-state index contributed by atoms with van der Waals surface area (Å²) in [4.78, 5) is 20.2. The predicted molar refractivity (Wildman–Crippen MR) is 57.1 cm³/mol. The molecule has 15 heavy (non-hydrogen) atoms. The number of aliphatic carboxylic acids is 1. The van der Waals surface area contributed by atoms with Crippen LogP contribution in [0.3, 0.4) is 0 Å². The normalized spacial score (nSPS) is 12.2. The third-order valence-electron chi connectivity index (χ3n) is 1.95. The Bertz CT molecular complexity index is 359. The molecule has 0 amide bonds. The van der Waals surface area contributed by atoms with Gasteiger partial charge in [0, 0.05) is 13.6 Å². The topological polar surface area (TPSA) is 66.3 Å². The van der Waals surface area contributed by atoms with Gasteiger partial charge in [0.25, 0.3) is 0 Å². The Morgan fingerprint density at radius 3 is 2.87 bits per heavy atom. The summed E-state index contributed by atoms with van der Waals surface area (Å²) in [6.45, 7) is 2.00. The van der Waals surface area contributed by atoms with Gasteiger partial charge in [-0.3, -0.25) is 9.78 Å². The minimum absolute atomic E-state index is 0.294. The largest absolute Gasteiger partial charge is 0.481 e. The Hall–Kier alpha value is -1.36. The van der Waals surface area contributed by atoms with Crippen molar-refractivity contribution in [2.24, 2.45) is 5.92 Å². The molecule has 1 aromatic rings. The van der Waals surface area contributed by atoms with Crippen LogP contribution >= 0.6 is 11.6 Å². The molecule has 1 aromatic heterocycles. The molecule has 1 unspecified atom stereocenters. The van der Waals surface area contributed by atoms with Crippen molar-refractivity contribution in [3.8, 4) is 0 Å². The molecule has 0 aromatic carbocycles. The second kappa shape index (κ2) is 4.93. The Kier molecular flexibility index (Phi) is 3.85. The zero-order valence-electron chi connectivity index (χ0n) is 8.51. The fraction of sp³-hybridized carbons (Fsp3) is 0.444. The van der Waals surface area contributed by atoms with Gasteiger partial charge in [-0.05, 0) is 0 Å². The summed E-state index contributed by atoms with van der Waals surface area (Å²) in [6.07, 6.45) is 2.97. The smallest absolute Gasteiger partial charge is 0.308 e. The number of nitrogens with zero attached hydrogens (tertiary/aromatic N) is 3. The lowest BCUT2D eigenvalue weighted by Gasteiger charge is -2.19. The van der Waals surface area contributed by atoms with Gasteiger partial charge >= 0.3 is 5.97 Å². The summed E-state index contributed by atoms with van der Waals surface area (Å²) in [5, 5.41) is 9.04. The maximum Gasteiger partial charge on any atom is 0.308 e. The lowest BCUT2D eigenvalue weighted by molar-refractivity contribution is -0.140. The van der Waals surface area contributed by atoms with Crippen LogP contribution in [-0.4, -0.2) is 34.6 Å². The van der Waals surface area contributed by atoms with Crippen molar-refractivity contribution in [3.05, 3.63) is 17.5 Å². The Morgan fingerprint density at radius 1 is 1.67 bits per heavy atom. The molecule has 0 spiro atoms. The Morgan fingerprint density at radius 2 is 2.33 bits per heavy atom. The molecule has 1 rings (SSSR count). The van der Waals surface area contributed by atoms with E-state index in [1.807, 2.05) is 0 Å². The van der Waals surface area contributed by atoms with E-state index in [-0.39, 0.29) is 0 Å². The molecule has 0 saturated carbocycles. The molecule has 0 fully saturated rings. The summed E-state index contributed by atoms with van der Waals surface area (Å²) >= 11 is 5.67. The number of hydrogen-bond acceptors (Lipinski definition) is 4. The fourth-order valence-electron chi connectivity index (χ4n) is 1.10. The van der Waals surface area contributed by atoms with E-state index in [4.69, 9.17) is 16.7 Å². The van der Waals surface area contributed by atoms with Gasteiger partial charge in [-0.1, -0.05) is 18.5 Å². The number of carbonyl (C=O) groups is 1. The van der Waals surface area contributed by atoms with E-state index in [1.165, 1.54) is 6.20 Å². The highest BCUT2D eigenvalue weighted by molar-refractivity contribution is 6.29. The standard InChI is InChI=1S/C9H12ClN3O2/c1-6(9(14)15)5-13(2)8-4-11-3-7(10)12-8/h3-4,6H,5H2,1-2H3,(H,14,15). The summed E-state index contributed by atoms with van der Waals surface area (Å²) in [6, 6.07) is 0. The van der Waals surface area contributed by atoms with E-state index in [0.29, 0.717) is 17.5 Å². The van der Waals surface area contributed by atoms with Crippen LogP contribution < -0.4 is 4.90 Å². The van der Waals surface area contributed by atoms with Crippen molar-refractivity contribution in [3.63, 3.8) is 0 Å². The molecule has 1 heterocycles. The lowest BCUT2D eigenvalue weighted by Crippen LogP contribution is -2.29. The molecule has 1 atom stereocenters.